The van der Waals surface area contributed by atoms with Crippen LogP contribution in [0.3, 0.4) is 0 Å². The van der Waals surface area contributed by atoms with Crippen molar-refractivity contribution in [2.75, 3.05) is 0 Å². The maximum atomic E-state index is 12.6. The summed E-state index contributed by atoms with van der Waals surface area (Å²) < 4.78 is 27.4. The molecule has 0 aromatic heterocycles. The molecule has 0 bridgehead atoms. The predicted molar refractivity (Wildman–Crippen MR) is 57.8 cm³/mol. The molecule has 76 valence electrons. The number of halogens is 2. The van der Waals surface area contributed by atoms with Crippen LogP contribution in [0.15, 0.2) is 48.5 Å². The first-order chi connectivity index (χ1) is 7.24. The van der Waals surface area contributed by atoms with Gasteiger partial charge in [0, 0.05) is 0 Å². The zero-order valence-electron chi connectivity index (χ0n) is 7.78. The molecule has 3 heteroatoms. The summed E-state index contributed by atoms with van der Waals surface area (Å²) in [5.41, 5.74) is 0. The maximum absolute atomic E-state index is 12.6. The molecule has 0 aliphatic rings. The summed E-state index contributed by atoms with van der Waals surface area (Å²) in [4.78, 5) is 0. The van der Waals surface area contributed by atoms with Crippen molar-refractivity contribution in [1.29, 1.82) is 0 Å². The standard InChI is InChI=1S/C12H8F2Se/c13-9-1-5-11(6-2-9)15-12-7-3-10(14)4-8-12/h1-8H. The average Bonchev–Trinajstić information content (AvgIpc) is 2.25. The third-order valence-corrected chi connectivity index (χ3v) is 3.99. The third-order valence-electron chi connectivity index (χ3n) is 1.86. The SMILES string of the molecule is Fc1ccc([Se]c2ccc(F)cc2)cc1. The van der Waals surface area contributed by atoms with Crippen LogP contribution in [0.2, 0.25) is 0 Å². The van der Waals surface area contributed by atoms with Crippen LogP contribution in [0, 0.1) is 11.6 Å². The van der Waals surface area contributed by atoms with E-state index >= 15 is 0 Å². The molecule has 15 heavy (non-hydrogen) atoms. The van der Waals surface area contributed by atoms with Crippen LogP contribution in [0.1, 0.15) is 0 Å². The predicted octanol–water partition coefficient (Wildman–Crippen LogP) is 1.62. The van der Waals surface area contributed by atoms with E-state index in [1.165, 1.54) is 24.3 Å². The molecule has 2 rings (SSSR count). The molecule has 2 aromatic rings. The van der Waals surface area contributed by atoms with Crippen LogP contribution in [-0.4, -0.2) is 15.0 Å². The first-order valence-electron chi connectivity index (χ1n) is 4.43. The third kappa shape index (κ3) is 2.88. The van der Waals surface area contributed by atoms with E-state index in [0.717, 1.165) is 8.92 Å². The summed E-state index contributed by atoms with van der Waals surface area (Å²) in [5.74, 6) is -0.456. The van der Waals surface area contributed by atoms with Crippen LogP contribution in [-0.2, 0) is 0 Å². The summed E-state index contributed by atoms with van der Waals surface area (Å²) in [6.45, 7) is 0. The van der Waals surface area contributed by atoms with Gasteiger partial charge in [0.2, 0.25) is 0 Å². The molecule has 0 aliphatic heterocycles. The van der Waals surface area contributed by atoms with E-state index in [4.69, 9.17) is 0 Å². The van der Waals surface area contributed by atoms with E-state index in [1.54, 1.807) is 24.3 Å². The van der Waals surface area contributed by atoms with Gasteiger partial charge in [-0.15, -0.1) is 0 Å². The zero-order chi connectivity index (χ0) is 10.7. The summed E-state index contributed by atoms with van der Waals surface area (Å²) in [5, 5.41) is 0. The quantitative estimate of drug-likeness (QED) is 0.727. The fraction of sp³-hybridized carbons (Fsp3) is 0. The van der Waals surface area contributed by atoms with Crippen molar-refractivity contribution in [3.8, 4) is 0 Å². The molecule has 0 saturated carbocycles. The molecular weight excluding hydrogens is 261 g/mol. The molecule has 0 nitrogen and oxygen atoms in total. The van der Waals surface area contributed by atoms with Gasteiger partial charge < -0.3 is 0 Å². The van der Waals surface area contributed by atoms with Gasteiger partial charge in [-0.2, -0.15) is 0 Å². The normalized spacial score (nSPS) is 10.3. The number of hydrogen-bond donors (Lipinski definition) is 0. The molecule has 0 amide bonds. The summed E-state index contributed by atoms with van der Waals surface area (Å²) in [7, 11) is 0. The molecule has 0 aliphatic carbocycles. The van der Waals surface area contributed by atoms with Crippen molar-refractivity contribution in [2.45, 2.75) is 0 Å². The Bertz CT molecular complexity index is 391. The molecule has 0 saturated heterocycles. The molecule has 0 N–H and O–H groups in total. The van der Waals surface area contributed by atoms with Gasteiger partial charge in [-0.1, -0.05) is 0 Å². The Labute approximate surface area is 93.1 Å². The van der Waals surface area contributed by atoms with Gasteiger partial charge in [0.05, 0.1) is 0 Å². The summed E-state index contributed by atoms with van der Waals surface area (Å²) in [6.07, 6.45) is 0. The Kier molecular flexibility index (Phi) is 3.14. The van der Waals surface area contributed by atoms with Gasteiger partial charge >= 0.3 is 92.8 Å². The van der Waals surface area contributed by atoms with Crippen molar-refractivity contribution in [1.82, 2.24) is 0 Å². The first kappa shape index (κ1) is 10.3. The van der Waals surface area contributed by atoms with E-state index in [9.17, 15) is 8.78 Å². The van der Waals surface area contributed by atoms with E-state index in [-0.39, 0.29) is 26.6 Å². The van der Waals surface area contributed by atoms with E-state index in [0.29, 0.717) is 0 Å². The van der Waals surface area contributed by atoms with Crippen molar-refractivity contribution < 1.29 is 8.78 Å². The van der Waals surface area contributed by atoms with Crippen molar-refractivity contribution >= 4 is 23.9 Å². The van der Waals surface area contributed by atoms with E-state index in [2.05, 4.69) is 0 Å². The minimum absolute atomic E-state index is 0.113. The molecule has 0 unspecified atom stereocenters. The fourth-order valence-corrected chi connectivity index (χ4v) is 2.85. The Morgan fingerprint density at radius 2 is 0.933 bits per heavy atom. The average molecular weight is 269 g/mol. The number of hydrogen-bond acceptors (Lipinski definition) is 0. The van der Waals surface area contributed by atoms with Gasteiger partial charge in [-0.3, -0.25) is 0 Å². The molecule has 0 fully saturated rings. The van der Waals surface area contributed by atoms with Crippen LogP contribution >= 0.6 is 0 Å². The van der Waals surface area contributed by atoms with Crippen LogP contribution < -0.4 is 8.92 Å². The van der Waals surface area contributed by atoms with Crippen LogP contribution in [0.5, 0.6) is 0 Å². The molecule has 2 aromatic carbocycles. The second-order valence-electron chi connectivity index (χ2n) is 3.01. The summed E-state index contributed by atoms with van der Waals surface area (Å²) in [6, 6.07) is 12.8. The zero-order valence-corrected chi connectivity index (χ0v) is 9.50. The Morgan fingerprint density at radius 1 is 0.600 bits per heavy atom. The first-order valence-corrected chi connectivity index (χ1v) is 6.14. The molecule has 0 radical (unpaired) electrons. The van der Waals surface area contributed by atoms with Crippen molar-refractivity contribution in [3.05, 3.63) is 60.2 Å². The Balaban J connectivity index is 2.15. The number of benzene rings is 2. The van der Waals surface area contributed by atoms with Crippen LogP contribution in [0.25, 0.3) is 0 Å². The van der Waals surface area contributed by atoms with Gasteiger partial charge in [0.1, 0.15) is 0 Å². The van der Waals surface area contributed by atoms with Gasteiger partial charge in [-0.25, -0.2) is 0 Å². The molecule has 0 heterocycles. The molecule has 0 atom stereocenters. The van der Waals surface area contributed by atoms with E-state index < -0.39 is 0 Å². The van der Waals surface area contributed by atoms with Crippen molar-refractivity contribution in [3.63, 3.8) is 0 Å². The summed E-state index contributed by atoms with van der Waals surface area (Å²) >= 11 is 0.113. The minimum atomic E-state index is -0.228. The molecular formula is C12H8F2Se. The van der Waals surface area contributed by atoms with Gasteiger partial charge in [-0.05, 0) is 0 Å². The molecule has 0 spiro atoms. The fourth-order valence-electron chi connectivity index (χ4n) is 1.14. The number of rotatable bonds is 2. The topological polar surface area (TPSA) is 0 Å². The van der Waals surface area contributed by atoms with E-state index in [1.807, 2.05) is 0 Å². The second-order valence-corrected chi connectivity index (χ2v) is 5.42. The van der Waals surface area contributed by atoms with Crippen molar-refractivity contribution in [2.24, 2.45) is 0 Å². The van der Waals surface area contributed by atoms with Gasteiger partial charge in [0.15, 0.2) is 0 Å². The Morgan fingerprint density at radius 3 is 1.27 bits per heavy atom. The van der Waals surface area contributed by atoms with Crippen LogP contribution in [0.4, 0.5) is 8.78 Å². The second kappa shape index (κ2) is 4.56. The van der Waals surface area contributed by atoms with Gasteiger partial charge in [0.25, 0.3) is 0 Å². The monoisotopic (exact) mass is 270 g/mol. The Hall–Kier alpha value is -1.18.